The number of hydrogen-bond acceptors (Lipinski definition) is 3. The number of nitrogens with one attached hydrogen (secondary N) is 3. The highest BCUT2D eigenvalue weighted by Crippen LogP contribution is 2.20. The largest absolute Gasteiger partial charge is 0.351 e. The highest BCUT2D eigenvalue weighted by atomic mass is 35.5. The van der Waals surface area contributed by atoms with Crippen LogP contribution < -0.4 is 16.0 Å². The number of halogens is 1. The van der Waals surface area contributed by atoms with Crippen LogP contribution in [0.4, 0.5) is 10.5 Å². The summed E-state index contributed by atoms with van der Waals surface area (Å²) in [5, 5.41) is 9.36. The molecule has 1 unspecified atom stereocenters. The number of piperidine rings is 1. The fourth-order valence-electron chi connectivity index (χ4n) is 3.87. The number of aryl methyl sites for hydroxylation is 1. The minimum absolute atomic E-state index is 0.107. The molecule has 6 nitrogen and oxygen atoms in total. The molecule has 0 saturated carbocycles. The molecule has 3 rings (SSSR count). The van der Waals surface area contributed by atoms with Gasteiger partial charge in [-0.15, -0.1) is 0 Å². The molecule has 1 heterocycles. The first kappa shape index (κ1) is 23.1. The van der Waals surface area contributed by atoms with Gasteiger partial charge in [0.05, 0.1) is 0 Å². The maximum atomic E-state index is 13.2. The number of hydrogen-bond donors (Lipinski definition) is 3. The standard InChI is InChI=1S/C24H31ClN4O2/c1-16(2)29-14-12-20(13-15-29)26-23(30)22(21-7-5-4-6-17(21)3)28-24(31)27-19-10-8-18(25)9-11-19/h4-11,16,20,22H,12-15H2,1-3H3,(H,26,30)(H2,27,28,31). The van der Waals surface area contributed by atoms with Crippen LogP contribution in [0.2, 0.25) is 5.02 Å². The molecule has 0 radical (unpaired) electrons. The number of amides is 3. The molecule has 1 atom stereocenters. The second kappa shape index (κ2) is 10.6. The van der Waals surface area contributed by atoms with E-state index in [1.54, 1.807) is 24.3 Å². The van der Waals surface area contributed by atoms with Gasteiger partial charge in [-0.2, -0.15) is 0 Å². The molecule has 1 saturated heterocycles. The normalized spacial score (nSPS) is 16.0. The Hall–Kier alpha value is -2.57. The summed E-state index contributed by atoms with van der Waals surface area (Å²) in [6.45, 7) is 8.24. The lowest BCUT2D eigenvalue weighted by molar-refractivity contribution is -0.124. The number of nitrogens with zero attached hydrogens (tertiary/aromatic N) is 1. The van der Waals surface area contributed by atoms with Crippen LogP contribution in [-0.2, 0) is 4.79 Å². The summed E-state index contributed by atoms with van der Waals surface area (Å²) in [7, 11) is 0. The van der Waals surface area contributed by atoms with E-state index in [4.69, 9.17) is 11.6 Å². The van der Waals surface area contributed by atoms with Crippen LogP contribution in [0.3, 0.4) is 0 Å². The smallest absolute Gasteiger partial charge is 0.320 e. The van der Waals surface area contributed by atoms with Gasteiger partial charge in [0, 0.05) is 35.9 Å². The second-order valence-electron chi connectivity index (χ2n) is 8.31. The van der Waals surface area contributed by atoms with Gasteiger partial charge < -0.3 is 20.9 Å². The van der Waals surface area contributed by atoms with E-state index in [0.717, 1.165) is 37.1 Å². The number of rotatable bonds is 6. The highest BCUT2D eigenvalue weighted by molar-refractivity contribution is 6.30. The molecule has 3 N–H and O–H groups in total. The van der Waals surface area contributed by atoms with Crippen molar-refractivity contribution < 1.29 is 9.59 Å². The minimum Gasteiger partial charge on any atom is -0.351 e. The Bertz CT molecular complexity index is 893. The van der Waals surface area contributed by atoms with Gasteiger partial charge in [-0.05, 0) is 69.0 Å². The topological polar surface area (TPSA) is 73.5 Å². The third-order valence-electron chi connectivity index (χ3n) is 5.75. The van der Waals surface area contributed by atoms with Crippen molar-refractivity contribution in [2.45, 2.75) is 51.7 Å². The number of anilines is 1. The average molecular weight is 443 g/mol. The van der Waals surface area contributed by atoms with Crippen LogP contribution in [0.15, 0.2) is 48.5 Å². The monoisotopic (exact) mass is 442 g/mol. The van der Waals surface area contributed by atoms with Crippen LogP contribution >= 0.6 is 11.6 Å². The molecule has 31 heavy (non-hydrogen) atoms. The SMILES string of the molecule is Cc1ccccc1C(NC(=O)Nc1ccc(Cl)cc1)C(=O)NC1CCN(C(C)C)CC1. The van der Waals surface area contributed by atoms with Crippen LogP contribution in [0.5, 0.6) is 0 Å². The van der Waals surface area contributed by atoms with E-state index in [-0.39, 0.29) is 11.9 Å². The Kier molecular flexibility index (Phi) is 7.93. The second-order valence-corrected chi connectivity index (χ2v) is 8.74. The highest BCUT2D eigenvalue weighted by Gasteiger charge is 2.28. The molecule has 3 amide bonds. The number of carbonyl (C=O) groups excluding carboxylic acids is 2. The van der Waals surface area contributed by atoms with Gasteiger partial charge in [0.2, 0.25) is 5.91 Å². The van der Waals surface area contributed by atoms with E-state index >= 15 is 0 Å². The maximum Gasteiger partial charge on any atom is 0.320 e. The van der Waals surface area contributed by atoms with Crippen molar-refractivity contribution in [3.8, 4) is 0 Å². The Morgan fingerprint density at radius 3 is 2.29 bits per heavy atom. The fraction of sp³-hybridized carbons (Fsp3) is 0.417. The molecule has 0 aliphatic carbocycles. The zero-order chi connectivity index (χ0) is 22.4. The summed E-state index contributed by atoms with van der Waals surface area (Å²) in [6, 6.07) is 13.8. The molecule has 166 valence electrons. The third-order valence-corrected chi connectivity index (χ3v) is 6.00. The molecule has 1 aliphatic rings. The van der Waals surface area contributed by atoms with Gasteiger partial charge in [0.25, 0.3) is 0 Å². The summed E-state index contributed by atoms with van der Waals surface area (Å²) < 4.78 is 0. The van der Waals surface area contributed by atoms with Gasteiger partial charge in [-0.3, -0.25) is 4.79 Å². The van der Waals surface area contributed by atoms with Crippen LogP contribution in [0, 0.1) is 6.92 Å². The predicted molar refractivity (Wildman–Crippen MR) is 125 cm³/mol. The lowest BCUT2D eigenvalue weighted by Gasteiger charge is -2.35. The van der Waals surface area contributed by atoms with Gasteiger partial charge >= 0.3 is 6.03 Å². The van der Waals surface area contributed by atoms with E-state index in [0.29, 0.717) is 16.8 Å². The van der Waals surface area contributed by atoms with E-state index in [9.17, 15) is 9.59 Å². The van der Waals surface area contributed by atoms with Crippen molar-refractivity contribution in [1.29, 1.82) is 0 Å². The molecule has 7 heteroatoms. The molecule has 1 fully saturated rings. The van der Waals surface area contributed by atoms with Crippen LogP contribution in [-0.4, -0.2) is 42.0 Å². The number of urea groups is 1. The molecule has 0 bridgehead atoms. The van der Waals surface area contributed by atoms with E-state index in [1.165, 1.54) is 0 Å². The molecule has 1 aliphatic heterocycles. The van der Waals surface area contributed by atoms with E-state index in [1.807, 2.05) is 31.2 Å². The quantitative estimate of drug-likeness (QED) is 0.616. The van der Waals surface area contributed by atoms with E-state index < -0.39 is 12.1 Å². The Morgan fingerprint density at radius 2 is 1.68 bits per heavy atom. The number of likely N-dealkylation sites (tertiary alicyclic amines) is 1. The molecule has 0 spiro atoms. The summed E-state index contributed by atoms with van der Waals surface area (Å²) in [5.74, 6) is -0.191. The van der Waals surface area contributed by atoms with Gasteiger partial charge in [0.15, 0.2) is 0 Å². The van der Waals surface area contributed by atoms with Crippen LogP contribution in [0.1, 0.15) is 43.9 Å². The zero-order valence-electron chi connectivity index (χ0n) is 18.3. The first-order valence-electron chi connectivity index (χ1n) is 10.8. The van der Waals surface area contributed by atoms with Crippen molar-refractivity contribution in [3.63, 3.8) is 0 Å². The van der Waals surface area contributed by atoms with Gasteiger partial charge in [0.1, 0.15) is 6.04 Å². The summed E-state index contributed by atoms with van der Waals surface area (Å²) >= 11 is 5.91. The van der Waals surface area contributed by atoms with Crippen molar-refractivity contribution in [2.75, 3.05) is 18.4 Å². The van der Waals surface area contributed by atoms with Crippen molar-refractivity contribution in [2.24, 2.45) is 0 Å². The molecule has 2 aromatic rings. The minimum atomic E-state index is -0.781. The lowest BCUT2D eigenvalue weighted by atomic mass is 9.98. The first-order valence-corrected chi connectivity index (χ1v) is 11.1. The number of carbonyl (C=O) groups is 2. The maximum absolute atomic E-state index is 13.2. The predicted octanol–water partition coefficient (Wildman–Crippen LogP) is 4.50. The molecular formula is C24H31ClN4O2. The first-order chi connectivity index (χ1) is 14.8. The Balaban J connectivity index is 1.69. The van der Waals surface area contributed by atoms with Crippen molar-refractivity contribution >= 4 is 29.2 Å². The Morgan fingerprint density at radius 1 is 1.03 bits per heavy atom. The van der Waals surface area contributed by atoms with Crippen molar-refractivity contribution in [1.82, 2.24) is 15.5 Å². The zero-order valence-corrected chi connectivity index (χ0v) is 19.1. The molecular weight excluding hydrogens is 412 g/mol. The summed E-state index contributed by atoms with van der Waals surface area (Å²) in [4.78, 5) is 28.3. The van der Waals surface area contributed by atoms with Crippen LogP contribution in [0.25, 0.3) is 0 Å². The van der Waals surface area contributed by atoms with Crippen molar-refractivity contribution in [3.05, 3.63) is 64.7 Å². The van der Waals surface area contributed by atoms with E-state index in [2.05, 4.69) is 34.7 Å². The average Bonchev–Trinajstić information content (AvgIpc) is 2.74. The Labute approximate surface area is 189 Å². The summed E-state index contributed by atoms with van der Waals surface area (Å²) in [6.07, 6.45) is 1.81. The lowest BCUT2D eigenvalue weighted by Crippen LogP contribution is -2.50. The molecule has 2 aromatic carbocycles. The van der Waals surface area contributed by atoms with Gasteiger partial charge in [-0.25, -0.2) is 4.79 Å². The summed E-state index contributed by atoms with van der Waals surface area (Å²) in [5.41, 5.74) is 2.34. The number of benzene rings is 2. The molecule has 0 aromatic heterocycles. The third kappa shape index (κ3) is 6.45. The fourth-order valence-corrected chi connectivity index (χ4v) is 4.00. The van der Waals surface area contributed by atoms with Gasteiger partial charge in [-0.1, -0.05) is 35.9 Å².